The summed E-state index contributed by atoms with van der Waals surface area (Å²) in [5, 5.41) is 2.96. The Hall–Kier alpha value is -3.57. The summed E-state index contributed by atoms with van der Waals surface area (Å²) in [6, 6.07) is 21.0. The van der Waals surface area contributed by atoms with Gasteiger partial charge in [0.25, 0.3) is 26.0 Å². The largest absolute Gasteiger partial charge is 0.322 e. The molecule has 0 saturated heterocycles. The number of carbonyl (C=O) groups is 1. The Morgan fingerprint density at radius 3 is 2.13 bits per heavy atom. The minimum absolute atomic E-state index is 0.0298. The smallest absolute Gasteiger partial charge is 0.263 e. The van der Waals surface area contributed by atoms with E-state index in [4.69, 9.17) is 23.2 Å². The molecule has 4 aromatic rings. The first-order valence-electron chi connectivity index (χ1n) is 11.4. The predicted molar refractivity (Wildman–Crippen MR) is 155 cm³/mol. The lowest BCUT2D eigenvalue weighted by Crippen LogP contribution is -2.17. The quantitative estimate of drug-likeness (QED) is 0.213. The van der Waals surface area contributed by atoms with Gasteiger partial charge in [-0.3, -0.25) is 14.2 Å². The van der Waals surface area contributed by atoms with Crippen LogP contribution in [-0.2, 0) is 20.0 Å². The van der Waals surface area contributed by atoms with Crippen molar-refractivity contribution < 1.29 is 21.6 Å². The van der Waals surface area contributed by atoms with E-state index in [1.165, 1.54) is 48.5 Å². The summed E-state index contributed by atoms with van der Waals surface area (Å²) in [4.78, 5) is 12.6. The van der Waals surface area contributed by atoms with Gasteiger partial charge >= 0.3 is 0 Å². The fourth-order valence-electron chi connectivity index (χ4n) is 3.58. The Morgan fingerprint density at radius 2 is 1.44 bits per heavy atom. The highest BCUT2D eigenvalue weighted by Gasteiger charge is 2.22. The van der Waals surface area contributed by atoms with Crippen molar-refractivity contribution in [3.63, 3.8) is 0 Å². The van der Waals surface area contributed by atoms with Crippen LogP contribution in [0.25, 0.3) is 0 Å². The third-order valence-corrected chi connectivity index (χ3v) is 9.10. The Labute approximate surface area is 237 Å². The summed E-state index contributed by atoms with van der Waals surface area (Å²) in [7, 11) is -8.00. The van der Waals surface area contributed by atoms with Crippen molar-refractivity contribution in [1.29, 1.82) is 0 Å². The lowest BCUT2D eigenvalue weighted by Gasteiger charge is -2.14. The lowest BCUT2D eigenvalue weighted by atomic mass is 10.1. The molecule has 0 aromatic heterocycles. The average molecular weight is 605 g/mol. The number of anilines is 3. The molecule has 12 heteroatoms. The van der Waals surface area contributed by atoms with Gasteiger partial charge in [-0.25, -0.2) is 16.8 Å². The zero-order valence-corrected chi connectivity index (χ0v) is 23.8. The number of carbonyl (C=O) groups excluding carboxylic acids is 1. The Balaban J connectivity index is 1.51. The highest BCUT2D eigenvalue weighted by atomic mass is 35.5. The molecular formula is C27H23Cl2N3O5S2. The molecule has 4 rings (SSSR count). The lowest BCUT2D eigenvalue weighted by molar-refractivity contribution is 0.102. The van der Waals surface area contributed by atoms with E-state index in [1.807, 2.05) is 13.0 Å². The molecule has 202 valence electrons. The molecule has 0 unspecified atom stereocenters. The number of halogens is 2. The highest BCUT2D eigenvalue weighted by molar-refractivity contribution is 7.93. The zero-order chi connectivity index (χ0) is 28.4. The summed E-state index contributed by atoms with van der Waals surface area (Å²) < 4.78 is 56.5. The summed E-state index contributed by atoms with van der Waals surface area (Å²) >= 11 is 12.1. The van der Waals surface area contributed by atoms with Gasteiger partial charge < -0.3 is 5.32 Å². The molecule has 0 fully saturated rings. The fourth-order valence-corrected chi connectivity index (χ4v) is 6.47. The fraction of sp³-hybridized carbons (Fsp3) is 0.0741. The molecule has 0 radical (unpaired) electrons. The first-order chi connectivity index (χ1) is 18.3. The van der Waals surface area contributed by atoms with Gasteiger partial charge in [-0.05, 0) is 91.7 Å². The Morgan fingerprint density at radius 1 is 0.718 bits per heavy atom. The molecule has 0 saturated carbocycles. The van der Waals surface area contributed by atoms with Crippen LogP contribution < -0.4 is 14.8 Å². The minimum Gasteiger partial charge on any atom is -0.322 e. The van der Waals surface area contributed by atoms with Crippen molar-refractivity contribution in [3.8, 4) is 0 Å². The van der Waals surface area contributed by atoms with Crippen molar-refractivity contribution >= 4 is 66.2 Å². The number of aryl methyl sites for hydroxylation is 2. The van der Waals surface area contributed by atoms with Crippen LogP contribution in [-0.4, -0.2) is 22.7 Å². The van der Waals surface area contributed by atoms with E-state index in [9.17, 15) is 21.6 Å². The van der Waals surface area contributed by atoms with Gasteiger partial charge in [0, 0.05) is 16.3 Å². The van der Waals surface area contributed by atoms with Gasteiger partial charge in [-0.1, -0.05) is 41.4 Å². The van der Waals surface area contributed by atoms with E-state index >= 15 is 0 Å². The Kier molecular flexibility index (Phi) is 8.22. The van der Waals surface area contributed by atoms with Gasteiger partial charge in [0.15, 0.2) is 0 Å². The topological polar surface area (TPSA) is 121 Å². The molecule has 0 spiro atoms. The Bertz CT molecular complexity index is 1780. The van der Waals surface area contributed by atoms with Crippen LogP contribution in [0.3, 0.4) is 0 Å². The molecule has 0 heterocycles. The van der Waals surface area contributed by atoms with Crippen molar-refractivity contribution in [3.05, 3.63) is 112 Å². The molecule has 39 heavy (non-hydrogen) atoms. The van der Waals surface area contributed by atoms with Crippen LogP contribution >= 0.6 is 23.2 Å². The normalized spacial score (nSPS) is 11.6. The number of amides is 1. The third kappa shape index (κ3) is 6.90. The predicted octanol–water partition coefficient (Wildman–Crippen LogP) is 6.46. The highest BCUT2D eigenvalue weighted by Crippen LogP contribution is 2.27. The van der Waals surface area contributed by atoms with Gasteiger partial charge in [-0.2, -0.15) is 0 Å². The second-order valence-electron chi connectivity index (χ2n) is 8.66. The molecule has 0 atom stereocenters. The maximum atomic E-state index is 13.1. The number of nitrogens with one attached hydrogen (secondary N) is 3. The molecule has 4 aromatic carbocycles. The number of hydrogen-bond acceptors (Lipinski definition) is 5. The van der Waals surface area contributed by atoms with Crippen molar-refractivity contribution in [1.82, 2.24) is 0 Å². The molecule has 8 nitrogen and oxygen atoms in total. The van der Waals surface area contributed by atoms with E-state index in [2.05, 4.69) is 14.8 Å². The van der Waals surface area contributed by atoms with Gasteiger partial charge in [0.1, 0.15) is 4.90 Å². The van der Waals surface area contributed by atoms with Gasteiger partial charge in [-0.15, -0.1) is 0 Å². The molecule has 0 aliphatic heterocycles. The molecule has 1 amide bonds. The van der Waals surface area contributed by atoms with Crippen molar-refractivity contribution in [2.75, 3.05) is 14.8 Å². The van der Waals surface area contributed by atoms with Crippen LogP contribution in [0, 0.1) is 13.8 Å². The monoisotopic (exact) mass is 603 g/mol. The molecule has 0 aliphatic carbocycles. The molecule has 0 aliphatic rings. The van der Waals surface area contributed by atoms with E-state index < -0.39 is 26.0 Å². The first-order valence-corrected chi connectivity index (χ1v) is 15.2. The van der Waals surface area contributed by atoms with E-state index in [1.54, 1.807) is 37.3 Å². The summed E-state index contributed by atoms with van der Waals surface area (Å²) in [5.74, 6) is -0.609. The summed E-state index contributed by atoms with van der Waals surface area (Å²) in [6.45, 7) is 3.61. The summed E-state index contributed by atoms with van der Waals surface area (Å²) in [5.41, 5.74) is 2.65. The third-order valence-electron chi connectivity index (χ3n) is 5.62. The minimum atomic E-state index is -4.11. The van der Waals surface area contributed by atoms with E-state index in [-0.39, 0.29) is 20.4 Å². The number of rotatable bonds is 8. The second-order valence-corrected chi connectivity index (χ2v) is 12.8. The van der Waals surface area contributed by atoms with E-state index in [0.717, 1.165) is 11.1 Å². The standard InChI is InChI=1S/C27H23Cl2N3O5S2/c1-17-6-7-18(2)25(14-17)32-39(36,37)26-15-19(8-13-24(26)29)27(33)30-21-9-11-23(12-10-21)38(34,35)31-22-5-3-4-20(28)16-22/h3-16,31-32H,1-2H3,(H,30,33). The summed E-state index contributed by atoms with van der Waals surface area (Å²) in [6.07, 6.45) is 0. The van der Waals surface area contributed by atoms with Crippen LogP contribution in [0.1, 0.15) is 21.5 Å². The first kappa shape index (κ1) is 28.4. The SMILES string of the molecule is Cc1ccc(C)c(NS(=O)(=O)c2cc(C(=O)Nc3ccc(S(=O)(=O)Nc4cccc(Cl)c4)cc3)ccc2Cl)c1. The van der Waals surface area contributed by atoms with Crippen LogP contribution in [0.2, 0.25) is 10.0 Å². The van der Waals surface area contributed by atoms with Crippen molar-refractivity contribution in [2.24, 2.45) is 0 Å². The second kappa shape index (κ2) is 11.3. The molecule has 0 bridgehead atoms. The van der Waals surface area contributed by atoms with Crippen LogP contribution in [0.4, 0.5) is 17.1 Å². The average Bonchev–Trinajstić information content (AvgIpc) is 2.86. The number of benzene rings is 4. The van der Waals surface area contributed by atoms with E-state index in [0.29, 0.717) is 22.1 Å². The number of hydrogen-bond donors (Lipinski definition) is 3. The van der Waals surface area contributed by atoms with Gasteiger partial charge in [0.2, 0.25) is 0 Å². The van der Waals surface area contributed by atoms with Gasteiger partial charge in [0.05, 0.1) is 21.3 Å². The van der Waals surface area contributed by atoms with Crippen LogP contribution in [0.5, 0.6) is 0 Å². The molecule has 3 N–H and O–H groups in total. The zero-order valence-electron chi connectivity index (χ0n) is 20.7. The number of sulfonamides is 2. The maximum absolute atomic E-state index is 13.1. The molecular weight excluding hydrogens is 581 g/mol. The maximum Gasteiger partial charge on any atom is 0.263 e. The van der Waals surface area contributed by atoms with Crippen molar-refractivity contribution in [2.45, 2.75) is 23.6 Å². The van der Waals surface area contributed by atoms with Crippen LogP contribution in [0.15, 0.2) is 94.7 Å².